The molecule has 0 spiro atoms. The maximum Gasteiger partial charge on any atom is 0.155 e. The molecule has 3 heteroatoms. The van der Waals surface area contributed by atoms with Gasteiger partial charge in [-0.2, -0.15) is 0 Å². The highest BCUT2D eigenvalue weighted by Gasteiger charge is 2.33. The monoisotopic (exact) mass is 330 g/mol. The third kappa shape index (κ3) is 2.70. The molecule has 20 heavy (non-hydrogen) atoms. The summed E-state index contributed by atoms with van der Waals surface area (Å²) in [6, 6.07) is 21.6. The standard InChI is InChI=1S/C17H18N2.BrH/c1-18-16(14-9-5-3-6-10-14)13-17(19(18)2)15-11-7-4-8-12-15;/h3-13,16H,1-2H3;1H. The molecule has 0 saturated carbocycles. The van der Waals surface area contributed by atoms with Crippen LogP contribution in [0.2, 0.25) is 0 Å². The van der Waals surface area contributed by atoms with Crippen LogP contribution in [0.5, 0.6) is 0 Å². The summed E-state index contributed by atoms with van der Waals surface area (Å²) in [6.45, 7) is 0. The topological polar surface area (TPSA) is 7.68 Å². The van der Waals surface area contributed by atoms with Gasteiger partial charge in [0.15, 0.2) is 5.70 Å². The van der Waals surface area contributed by atoms with Gasteiger partial charge in [-0.15, -0.1) is 5.01 Å². The number of halogens is 1. The number of benzene rings is 2. The maximum atomic E-state index is 2.36. The first-order valence-corrected chi connectivity index (χ1v) is 6.66. The van der Waals surface area contributed by atoms with E-state index in [0.717, 1.165) is 0 Å². The van der Waals surface area contributed by atoms with E-state index in [4.69, 9.17) is 0 Å². The summed E-state index contributed by atoms with van der Waals surface area (Å²) in [4.78, 5) is 0. The largest absolute Gasteiger partial charge is 1.00 e. The number of rotatable bonds is 2. The first kappa shape index (κ1) is 15.0. The van der Waals surface area contributed by atoms with Gasteiger partial charge in [-0.05, 0) is 17.7 Å². The van der Waals surface area contributed by atoms with Crippen LogP contribution in [0.4, 0.5) is 0 Å². The van der Waals surface area contributed by atoms with Crippen molar-refractivity contribution in [1.29, 1.82) is 0 Å². The van der Waals surface area contributed by atoms with E-state index in [2.05, 4.69) is 85.8 Å². The third-order valence-electron chi connectivity index (χ3n) is 3.89. The van der Waals surface area contributed by atoms with Crippen LogP contribution in [0.25, 0.3) is 5.70 Å². The number of likely N-dealkylation sites (N-methyl/N-ethyl adjacent to an activating group) is 1. The summed E-state index contributed by atoms with van der Waals surface area (Å²) in [5.74, 6) is 0. The van der Waals surface area contributed by atoms with Crippen molar-refractivity contribution in [2.24, 2.45) is 0 Å². The normalized spacial score (nSPS) is 22.2. The van der Waals surface area contributed by atoms with Gasteiger partial charge in [-0.1, -0.05) is 48.5 Å². The maximum absolute atomic E-state index is 2.36. The van der Waals surface area contributed by atoms with Gasteiger partial charge in [-0.3, -0.25) is 0 Å². The van der Waals surface area contributed by atoms with Crippen LogP contribution < -0.4 is 22.0 Å². The molecule has 1 N–H and O–H groups in total. The van der Waals surface area contributed by atoms with Gasteiger partial charge >= 0.3 is 0 Å². The van der Waals surface area contributed by atoms with Gasteiger partial charge in [0, 0.05) is 18.7 Å². The summed E-state index contributed by atoms with van der Waals surface area (Å²) in [5.41, 5.74) is 3.98. The molecule has 2 atom stereocenters. The molecular formula is C17H19BrN2. The van der Waals surface area contributed by atoms with Gasteiger partial charge in [-0.25, -0.2) is 5.01 Å². The Hall–Kier alpha value is -1.42. The van der Waals surface area contributed by atoms with E-state index in [9.17, 15) is 0 Å². The molecule has 0 bridgehead atoms. The number of quaternary nitrogens is 1. The van der Waals surface area contributed by atoms with Crippen LogP contribution in [-0.2, 0) is 0 Å². The molecule has 2 unspecified atom stereocenters. The smallest absolute Gasteiger partial charge is 0.155 e. The number of nitrogens with one attached hydrogen (secondary N) is 1. The van der Waals surface area contributed by atoms with Crippen LogP contribution in [0.1, 0.15) is 17.2 Å². The Bertz CT molecular complexity index is 580. The van der Waals surface area contributed by atoms with Crippen molar-refractivity contribution in [2.45, 2.75) is 6.04 Å². The summed E-state index contributed by atoms with van der Waals surface area (Å²) in [7, 11) is 4.36. The molecule has 1 aliphatic heterocycles. The first-order chi connectivity index (χ1) is 9.27. The lowest BCUT2D eigenvalue weighted by Gasteiger charge is -2.23. The molecule has 0 radical (unpaired) electrons. The van der Waals surface area contributed by atoms with Crippen molar-refractivity contribution in [1.82, 2.24) is 5.01 Å². The second kappa shape index (κ2) is 6.35. The Kier molecular flexibility index (Phi) is 4.76. The van der Waals surface area contributed by atoms with Crippen molar-refractivity contribution in [3.8, 4) is 0 Å². The fourth-order valence-corrected chi connectivity index (χ4v) is 2.68. The van der Waals surface area contributed by atoms with E-state index in [1.165, 1.54) is 21.8 Å². The summed E-state index contributed by atoms with van der Waals surface area (Å²) >= 11 is 0. The molecule has 2 nitrogen and oxygen atoms in total. The van der Waals surface area contributed by atoms with E-state index in [1.54, 1.807) is 0 Å². The molecule has 2 aromatic rings. The lowest BCUT2D eigenvalue weighted by atomic mass is 10.1. The molecule has 3 rings (SSSR count). The highest BCUT2D eigenvalue weighted by atomic mass is 79.9. The van der Waals surface area contributed by atoms with Gasteiger partial charge < -0.3 is 17.0 Å². The summed E-state index contributed by atoms with van der Waals surface area (Å²) in [6.07, 6.45) is 2.36. The second-order valence-electron chi connectivity index (χ2n) is 5.00. The SMILES string of the molecule is CN1C(c2ccccc2)C=C(c2ccccc2)[NH+]1C.[Br-]. The van der Waals surface area contributed by atoms with Gasteiger partial charge in [0.05, 0.1) is 7.05 Å². The van der Waals surface area contributed by atoms with Crippen molar-refractivity contribution >= 4 is 5.70 Å². The predicted molar refractivity (Wildman–Crippen MR) is 78.3 cm³/mol. The Morgan fingerprint density at radius 2 is 1.45 bits per heavy atom. The summed E-state index contributed by atoms with van der Waals surface area (Å²) in [5, 5.41) is 3.68. The van der Waals surface area contributed by atoms with E-state index in [1.807, 2.05) is 0 Å². The van der Waals surface area contributed by atoms with Gasteiger partial charge in [0.2, 0.25) is 0 Å². The molecule has 0 aliphatic carbocycles. The zero-order valence-electron chi connectivity index (χ0n) is 11.8. The number of nitrogens with zero attached hydrogens (tertiary/aromatic N) is 1. The molecule has 0 saturated heterocycles. The molecular weight excluding hydrogens is 312 g/mol. The minimum Gasteiger partial charge on any atom is -1.00 e. The third-order valence-corrected chi connectivity index (χ3v) is 3.89. The van der Waals surface area contributed by atoms with E-state index in [-0.39, 0.29) is 17.0 Å². The summed E-state index contributed by atoms with van der Waals surface area (Å²) < 4.78 is 0. The van der Waals surface area contributed by atoms with Gasteiger partial charge in [0.1, 0.15) is 6.04 Å². The highest BCUT2D eigenvalue weighted by Crippen LogP contribution is 2.26. The quantitative estimate of drug-likeness (QED) is 0.753. The molecule has 1 heterocycles. The molecule has 0 fully saturated rings. The van der Waals surface area contributed by atoms with Crippen LogP contribution in [0.15, 0.2) is 66.7 Å². The Balaban J connectivity index is 0.00000147. The fourth-order valence-electron chi connectivity index (χ4n) is 2.68. The number of hydrogen-bond donors (Lipinski definition) is 1. The van der Waals surface area contributed by atoms with Crippen LogP contribution >= 0.6 is 0 Å². The molecule has 1 aliphatic rings. The van der Waals surface area contributed by atoms with E-state index >= 15 is 0 Å². The highest BCUT2D eigenvalue weighted by molar-refractivity contribution is 5.60. The van der Waals surface area contributed by atoms with Crippen molar-refractivity contribution in [3.63, 3.8) is 0 Å². The molecule has 104 valence electrons. The lowest BCUT2D eigenvalue weighted by molar-refractivity contribution is -0.928. The average molecular weight is 331 g/mol. The zero-order valence-corrected chi connectivity index (χ0v) is 13.3. The lowest BCUT2D eigenvalue weighted by Crippen LogP contribution is -3.10. The Morgan fingerprint density at radius 1 is 0.900 bits per heavy atom. The van der Waals surface area contributed by atoms with E-state index in [0.29, 0.717) is 6.04 Å². The molecule has 0 aromatic heterocycles. The molecule has 0 amide bonds. The Labute approximate surface area is 131 Å². The second-order valence-corrected chi connectivity index (χ2v) is 5.00. The van der Waals surface area contributed by atoms with Crippen molar-refractivity contribution in [3.05, 3.63) is 77.9 Å². The average Bonchev–Trinajstić information content (AvgIpc) is 2.77. The first-order valence-electron chi connectivity index (χ1n) is 6.66. The Morgan fingerprint density at radius 3 is 2.05 bits per heavy atom. The van der Waals surface area contributed by atoms with Crippen molar-refractivity contribution in [2.75, 3.05) is 14.1 Å². The predicted octanol–water partition coefficient (Wildman–Crippen LogP) is -0.852. The van der Waals surface area contributed by atoms with Crippen LogP contribution in [0.3, 0.4) is 0 Å². The zero-order chi connectivity index (χ0) is 13.2. The fraction of sp³-hybridized carbons (Fsp3) is 0.176. The van der Waals surface area contributed by atoms with Crippen molar-refractivity contribution < 1.29 is 22.0 Å². The van der Waals surface area contributed by atoms with Crippen LogP contribution in [-0.4, -0.2) is 19.1 Å². The minimum absolute atomic E-state index is 0. The minimum atomic E-state index is 0. The molecule has 2 aromatic carbocycles. The van der Waals surface area contributed by atoms with Crippen LogP contribution in [0, 0.1) is 0 Å². The number of hydrogen-bond acceptors (Lipinski definition) is 1. The van der Waals surface area contributed by atoms with E-state index < -0.39 is 0 Å². The van der Waals surface area contributed by atoms with Gasteiger partial charge in [0.25, 0.3) is 0 Å².